The Morgan fingerprint density at radius 3 is 3.10 bits per heavy atom. The fourth-order valence-electron chi connectivity index (χ4n) is 2.36. The van der Waals surface area contributed by atoms with Gasteiger partial charge in [0.25, 0.3) is 0 Å². The van der Waals surface area contributed by atoms with Crippen LogP contribution >= 0.6 is 11.6 Å². The van der Waals surface area contributed by atoms with Gasteiger partial charge in [0.05, 0.1) is 13.3 Å². The molecule has 3 heterocycles. The van der Waals surface area contributed by atoms with E-state index in [-0.39, 0.29) is 6.23 Å². The third kappa shape index (κ3) is 2.51. The summed E-state index contributed by atoms with van der Waals surface area (Å²) in [5, 5.41) is 4.88. The standard InChI is InChI=1S/C14H16ClN3O2/c1-19-14-13(15)11(5-6-16-14)10-8-17-18(9-10)12-4-2-3-7-20-12/h5-6,8-9,12H,2-4,7H2,1H3. The first-order chi connectivity index (χ1) is 9.79. The van der Waals surface area contributed by atoms with Crippen molar-refractivity contribution in [2.75, 3.05) is 13.7 Å². The summed E-state index contributed by atoms with van der Waals surface area (Å²) in [5.41, 5.74) is 1.80. The van der Waals surface area contributed by atoms with Crippen molar-refractivity contribution in [3.8, 4) is 17.0 Å². The van der Waals surface area contributed by atoms with Gasteiger partial charge in [0.15, 0.2) is 0 Å². The smallest absolute Gasteiger partial charge is 0.232 e. The van der Waals surface area contributed by atoms with E-state index in [1.165, 1.54) is 6.42 Å². The normalized spacial score (nSPS) is 19.0. The number of ether oxygens (including phenoxy) is 2. The third-order valence-electron chi connectivity index (χ3n) is 3.41. The number of pyridine rings is 1. The molecule has 0 radical (unpaired) electrons. The third-order valence-corrected chi connectivity index (χ3v) is 3.78. The molecule has 0 N–H and O–H groups in total. The van der Waals surface area contributed by atoms with Crippen LogP contribution < -0.4 is 4.74 Å². The maximum atomic E-state index is 6.28. The average Bonchev–Trinajstić information content (AvgIpc) is 2.98. The molecule has 2 aromatic rings. The van der Waals surface area contributed by atoms with Crippen LogP contribution in [0.2, 0.25) is 5.02 Å². The number of hydrogen-bond acceptors (Lipinski definition) is 4. The highest BCUT2D eigenvalue weighted by Crippen LogP contribution is 2.34. The molecule has 1 fully saturated rings. The fraction of sp³-hybridized carbons (Fsp3) is 0.429. The fourth-order valence-corrected chi connectivity index (χ4v) is 2.65. The van der Waals surface area contributed by atoms with E-state index >= 15 is 0 Å². The van der Waals surface area contributed by atoms with Gasteiger partial charge in [-0.1, -0.05) is 11.6 Å². The monoisotopic (exact) mass is 293 g/mol. The van der Waals surface area contributed by atoms with E-state index in [0.29, 0.717) is 10.9 Å². The second kappa shape index (κ2) is 5.81. The van der Waals surface area contributed by atoms with Gasteiger partial charge in [-0.3, -0.25) is 0 Å². The maximum absolute atomic E-state index is 6.28. The van der Waals surface area contributed by atoms with Crippen molar-refractivity contribution in [2.24, 2.45) is 0 Å². The van der Waals surface area contributed by atoms with Crippen LogP contribution in [-0.4, -0.2) is 28.5 Å². The van der Waals surface area contributed by atoms with Crippen molar-refractivity contribution in [3.63, 3.8) is 0 Å². The minimum Gasteiger partial charge on any atom is -0.480 e. The van der Waals surface area contributed by atoms with Crippen molar-refractivity contribution in [2.45, 2.75) is 25.5 Å². The Morgan fingerprint density at radius 1 is 1.45 bits per heavy atom. The maximum Gasteiger partial charge on any atom is 0.232 e. The van der Waals surface area contributed by atoms with Crippen LogP contribution in [0.15, 0.2) is 24.7 Å². The average molecular weight is 294 g/mol. The number of rotatable bonds is 3. The molecular weight excluding hydrogens is 278 g/mol. The molecule has 0 aromatic carbocycles. The first kappa shape index (κ1) is 13.4. The summed E-state index contributed by atoms with van der Waals surface area (Å²) in [6.07, 6.45) is 8.74. The molecule has 1 aliphatic heterocycles. The topological polar surface area (TPSA) is 49.2 Å². The van der Waals surface area contributed by atoms with Crippen LogP contribution in [0.25, 0.3) is 11.1 Å². The largest absolute Gasteiger partial charge is 0.480 e. The lowest BCUT2D eigenvalue weighted by molar-refractivity contribution is -0.0394. The van der Waals surface area contributed by atoms with Gasteiger partial charge in [0.2, 0.25) is 5.88 Å². The van der Waals surface area contributed by atoms with E-state index in [1.54, 1.807) is 19.5 Å². The van der Waals surface area contributed by atoms with Gasteiger partial charge in [-0.25, -0.2) is 9.67 Å². The van der Waals surface area contributed by atoms with Crippen LogP contribution in [0, 0.1) is 0 Å². The summed E-state index contributed by atoms with van der Waals surface area (Å²) < 4.78 is 12.7. The van der Waals surface area contributed by atoms with Crippen LogP contribution in [0.5, 0.6) is 5.88 Å². The molecule has 1 aliphatic rings. The number of nitrogens with zero attached hydrogens (tertiary/aromatic N) is 3. The summed E-state index contributed by atoms with van der Waals surface area (Å²) in [7, 11) is 1.55. The summed E-state index contributed by atoms with van der Waals surface area (Å²) >= 11 is 6.28. The SMILES string of the molecule is COc1nccc(-c2cnn(C3CCCCO3)c2)c1Cl. The van der Waals surface area contributed by atoms with E-state index in [1.807, 2.05) is 16.9 Å². The van der Waals surface area contributed by atoms with E-state index in [4.69, 9.17) is 21.1 Å². The lowest BCUT2D eigenvalue weighted by atomic mass is 10.1. The van der Waals surface area contributed by atoms with Crippen molar-refractivity contribution in [1.82, 2.24) is 14.8 Å². The molecule has 1 unspecified atom stereocenters. The first-order valence-electron chi connectivity index (χ1n) is 6.64. The number of hydrogen-bond donors (Lipinski definition) is 0. The number of aromatic nitrogens is 3. The van der Waals surface area contributed by atoms with Crippen molar-refractivity contribution in [1.29, 1.82) is 0 Å². The van der Waals surface area contributed by atoms with Crippen LogP contribution in [0.4, 0.5) is 0 Å². The molecule has 0 amide bonds. The highest BCUT2D eigenvalue weighted by Gasteiger charge is 2.18. The molecule has 0 spiro atoms. The van der Waals surface area contributed by atoms with Gasteiger partial charge >= 0.3 is 0 Å². The first-order valence-corrected chi connectivity index (χ1v) is 7.02. The molecule has 106 valence electrons. The molecule has 2 aromatic heterocycles. The summed E-state index contributed by atoms with van der Waals surface area (Å²) in [5.74, 6) is 0.422. The molecule has 5 nitrogen and oxygen atoms in total. The van der Waals surface area contributed by atoms with Crippen LogP contribution in [-0.2, 0) is 4.74 Å². The second-order valence-electron chi connectivity index (χ2n) is 4.71. The quantitative estimate of drug-likeness (QED) is 0.871. The minimum absolute atomic E-state index is 0.0278. The van der Waals surface area contributed by atoms with E-state index < -0.39 is 0 Å². The molecule has 3 rings (SSSR count). The predicted octanol–water partition coefficient (Wildman–Crippen LogP) is 3.31. The molecule has 20 heavy (non-hydrogen) atoms. The van der Waals surface area contributed by atoms with E-state index in [9.17, 15) is 0 Å². The summed E-state index contributed by atoms with van der Waals surface area (Å²) in [4.78, 5) is 4.07. The lowest BCUT2D eigenvalue weighted by Gasteiger charge is -2.22. The molecule has 6 heteroatoms. The molecule has 1 atom stereocenters. The van der Waals surface area contributed by atoms with Gasteiger partial charge in [0, 0.05) is 30.1 Å². The summed E-state index contributed by atoms with van der Waals surface area (Å²) in [6.45, 7) is 0.795. The van der Waals surface area contributed by atoms with Crippen molar-refractivity contribution < 1.29 is 9.47 Å². The predicted molar refractivity (Wildman–Crippen MR) is 75.9 cm³/mol. The van der Waals surface area contributed by atoms with E-state index in [0.717, 1.165) is 30.6 Å². The van der Waals surface area contributed by atoms with Crippen molar-refractivity contribution >= 4 is 11.6 Å². The van der Waals surface area contributed by atoms with Gasteiger partial charge in [0.1, 0.15) is 11.3 Å². The Balaban J connectivity index is 1.90. The minimum atomic E-state index is 0.0278. The van der Waals surface area contributed by atoms with E-state index in [2.05, 4.69) is 10.1 Å². The van der Waals surface area contributed by atoms with Crippen LogP contribution in [0.1, 0.15) is 25.5 Å². The molecule has 0 saturated carbocycles. The zero-order chi connectivity index (χ0) is 13.9. The van der Waals surface area contributed by atoms with Gasteiger partial charge < -0.3 is 9.47 Å². The Bertz CT molecular complexity index is 594. The van der Waals surface area contributed by atoms with Gasteiger partial charge in [-0.2, -0.15) is 5.10 Å². The Kier molecular flexibility index (Phi) is 3.89. The van der Waals surface area contributed by atoms with Crippen molar-refractivity contribution in [3.05, 3.63) is 29.7 Å². The summed E-state index contributed by atoms with van der Waals surface area (Å²) in [6, 6.07) is 1.86. The zero-order valence-electron chi connectivity index (χ0n) is 11.3. The highest BCUT2D eigenvalue weighted by atomic mass is 35.5. The zero-order valence-corrected chi connectivity index (χ0v) is 12.0. The molecule has 0 aliphatic carbocycles. The Hall–Kier alpha value is -1.59. The second-order valence-corrected chi connectivity index (χ2v) is 5.09. The Labute approximate surface area is 122 Å². The van der Waals surface area contributed by atoms with Gasteiger partial charge in [-0.05, 0) is 25.3 Å². The number of methoxy groups -OCH3 is 1. The van der Waals surface area contributed by atoms with Gasteiger partial charge in [-0.15, -0.1) is 0 Å². The lowest BCUT2D eigenvalue weighted by Crippen LogP contribution is -2.18. The molecule has 1 saturated heterocycles. The van der Waals surface area contributed by atoms with Crippen LogP contribution in [0.3, 0.4) is 0 Å². The Morgan fingerprint density at radius 2 is 2.35 bits per heavy atom. The molecule has 0 bridgehead atoms. The number of halogens is 1. The highest BCUT2D eigenvalue weighted by molar-refractivity contribution is 6.34. The molecular formula is C14H16ClN3O2.